The average molecular weight is 348 g/mol. The molecule has 0 amide bonds. The third-order valence-electron chi connectivity index (χ3n) is 4.46. The normalized spacial score (nSPS) is 19.6. The van der Waals surface area contributed by atoms with Crippen molar-refractivity contribution in [3.8, 4) is 5.82 Å². The van der Waals surface area contributed by atoms with Crippen molar-refractivity contribution in [2.45, 2.75) is 25.0 Å². The fraction of sp³-hybridized carbons (Fsp3) is 0.533. The van der Waals surface area contributed by atoms with Crippen molar-refractivity contribution >= 4 is 15.8 Å². The molecule has 24 heavy (non-hydrogen) atoms. The Hall–Kier alpha value is -2.00. The maximum Gasteiger partial charge on any atom is 0.217 e. The van der Waals surface area contributed by atoms with Crippen LogP contribution in [0.2, 0.25) is 0 Å². The number of sulfonamides is 1. The molecule has 8 nitrogen and oxygen atoms in total. The molecule has 1 saturated heterocycles. The topological polar surface area (TPSA) is 84.2 Å². The summed E-state index contributed by atoms with van der Waals surface area (Å²) in [7, 11) is -3.08. The van der Waals surface area contributed by atoms with Crippen LogP contribution >= 0.6 is 0 Å². The van der Waals surface area contributed by atoms with Crippen LogP contribution in [0.25, 0.3) is 5.82 Å². The molecule has 2 aliphatic rings. The Morgan fingerprint density at radius 2 is 1.67 bits per heavy atom. The predicted molar refractivity (Wildman–Crippen MR) is 89.6 cm³/mol. The van der Waals surface area contributed by atoms with Gasteiger partial charge in [0.25, 0.3) is 0 Å². The Kier molecular flexibility index (Phi) is 3.76. The number of anilines is 1. The molecule has 128 valence electrons. The Bertz CT molecular complexity index is 820. The molecule has 2 fully saturated rings. The van der Waals surface area contributed by atoms with Gasteiger partial charge in [0.05, 0.1) is 10.9 Å². The molecule has 3 heterocycles. The van der Waals surface area contributed by atoms with E-state index in [0.29, 0.717) is 32.0 Å². The lowest BCUT2D eigenvalue weighted by Gasteiger charge is -2.34. The van der Waals surface area contributed by atoms with Crippen LogP contribution in [0.3, 0.4) is 0 Å². The molecule has 9 heteroatoms. The van der Waals surface area contributed by atoms with Gasteiger partial charge in [-0.1, -0.05) is 0 Å². The highest BCUT2D eigenvalue weighted by atomic mass is 32.2. The number of hydrogen-bond donors (Lipinski definition) is 0. The smallest absolute Gasteiger partial charge is 0.217 e. The molecule has 0 spiro atoms. The second kappa shape index (κ2) is 5.82. The number of nitrogens with zero attached hydrogens (tertiary/aromatic N) is 6. The first kappa shape index (κ1) is 15.5. The van der Waals surface area contributed by atoms with Gasteiger partial charge < -0.3 is 4.90 Å². The van der Waals surface area contributed by atoms with Gasteiger partial charge in [0.15, 0.2) is 11.6 Å². The first-order valence-electron chi connectivity index (χ1n) is 8.14. The van der Waals surface area contributed by atoms with Crippen molar-refractivity contribution in [1.29, 1.82) is 0 Å². The summed E-state index contributed by atoms with van der Waals surface area (Å²) in [6.45, 7) is 4.23. The van der Waals surface area contributed by atoms with Crippen molar-refractivity contribution in [1.82, 2.24) is 24.3 Å². The summed E-state index contributed by atoms with van der Waals surface area (Å²) in [5, 5.41) is 12.7. The molecule has 4 rings (SSSR count). The number of aryl methyl sites for hydroxylation is 1. The van der Waals surface area contributed by atoms with E-state index in [-0.39, 0.29) is 5.25 Å². The lowest BCUT2D eigenvalue weighted by Crippen LogP contribution is -2.49. The van der Waals surface area contributed by atoms with Crippen molar-refractivity contribution in [2.75, 3.05) is 31.1 Å². The standard InChI is InChI=1S/C15H20N6O2S/c1-12-6-7-21(18-12)15-5-4-14(16-17-15)19-8-10-20(11-9-19)24(22,23)13-2-3-13/h4-7,13H,2-3,8-11H2,1H3. The van der Waals surface area contributed by atoms with Gasteiger partial charge >= 0.3 is 0 Å². The van der Waals surface area contributed by atoms with Crippen molar-refractivity contribution in [2.24, 2.45) is 0 Å². The SMILES string of the molecule is Cc1ccn(-c2ccc(N3CCN(S(=O)(=O)C4CC4)CC3)nn2)n1. The van der Waals surface area contributed by atoms with E-state index in [2.05, 4.69) is 20.2 Å². The molecule has 1 aliphatic heterocycles. The second-order valence-corrected chi connectivity index (χ2v) is 8.49. The maximum absolute atomic E-state index is 12.3. The Morgan fingerprint density at radius 1 is 1.00 bits per heavy atom. The molecule has 0 N–H and O–H groups in total. The average Bonchev–Trinajstić information content (AvgIpc) is 3.38. The Labute approximate surface area is 141 Å². The minimum atomic E-state index is -3.08. The molecule has 0 bridgehead atoms. The third-order valence-corrected chi connectivity index (χ3v) is 6.86. The van der Waals surface area contributed by atoms with Gasteiger partial charge in [0.2, 0.25) is 10.0 Å². The van der Waals surface area contributed by atoms with E-state index in [1.54, 1.807) is 8.99 Å². The molecule has 0 radical (unpaired) electrons. The molecular formula is C15H20N6O2S. The van der Waals surface area contributed by atoms with E-state index < -0.39 is 10.0 Å². The van der Waals surface area contributed by atoms with Gasteiger partial charge in [-0.15, -0.1) is 10.2 Å². The fourth-order valence-electron chi connectivity index (χ4n) is 2.90. The van der Waals surface area contributed by atoms with E-state index >= 15 is 0 Å². The monoisotopic (exact) mass is 348 g/mol. The molecule has 2 aromatic rings. The minimum Gasteiger partial charge on any atom is -0.352 e. The van der Waals surface area contributed by atoms with Crippen molar-refractivity contribution in [3.05, 3.63) is 30.1 Å². The van der Waals surface area contributed by atoms with Gasteiger partial charge in [0, 0.05) is 32.4 Å². The van der Waals surface area contributed by atoms with Crippen LogP contribution in [0.1, 0.15) is 18.5 Å². The zero-order chi connectivity index (χ0) is 16.7. The van der Waals surface area contributed by atoms with Crippen molar-refractivity contribution in [3.63, 3.8) is 0 Å². The lowest BCUT2D eigenvalue weighted by molar-refractivity contribution is 0.382. The van der Waals surface area contributed by atoms with Crippen molar-refractivity contribution < 1.29 is 8.42 Å². The van der Waals surface area contributed by atoms with E-state index in [9.17, 15) is 8.42 Å². The highest BCUT2D eigenvalue weighted by Gasteiger charge is 2.41. The quantitative estimate of drug-likeness (QED) is 0.804. The van der Waals surface area contributed by atoms with Crippen LogP contribution in [-0.4, -0.2) is 64.1 Å². The van der Waals surface area contributed by atoms with Gasteiger partial charge in [-0.05, 0) is 38.0 Å². The van der Waals surface area contributed by atoms with Crippen LogP contribution in [0.5, 0.6) is 0 Å². The number of rotatable bonds is 4. The fourth-order valence-corrected chi connectivity index (χ4v) is 4.73. The summed E-state index contributed by atoms with van der Waals surface area (Å²) in [5.41, 5.74) is 0.925. The summed E-state index contributed by atoms with van der Waals surface area (Å²) in [6, 6.07) is 5.70. The molecule has 2 aromatic heterocycles. The molecular weight excluding hydrogens is 328 g/mol. The third kappa shape index (κ3) is 2.89. The summed E-state index contributed by atoms with van der Waals surface area (Å²) in [5.74, 6) is 1.44. The molecule has 0 unspecified atom stereocenters. The van der Waals surface area contributed by atoms with Crippen LogP contribution < -0.4 is 4.90 Å². The first-order chi connectivity index (χ1) is 11.5. The number of piperazine rings is 1. The maximum atomic E-state index is 12.3. The molecule has 0 atom stereocenters. The second-order valence-electron chi connectivity index (χ2n) is 6.28. The van der Waals surface area contributed by atoms with E-state index in [1.807, 2.05) is 31.3 Å². The minimum absolute atomic E-state index is 0.138. The molecule has 1 saturated carbocycles. The largest absolute Gasteiger partial charge is 0.352 e. The molecule has 0 aromatic carbocycles. The van der Waals surface area contributed by atoms with Gasteiger partial charge in [-0.2, -0.15) is 9.40 Å². The summed E-state index contributed by atoms with van der Waals surface area (Å²) < 4.78 is 27.8. The van der Waals surface area contributed by atoms with Crippen LogP contribution in [0.15, 0.2) is 24.4 Å². The highest BCUT2D eigenvalue weighted by Crippen LogP contribution is 2.31. The Morgan fingerprint density at radius 3 is 2.21 bits per heavy atom. The summed E-state index contributed by atoms with van der Waals surface area (Å²) >= 11 is 0. The van der Waals surface area contributed by atoms with Gasteiger partial charge in [-0.25, -0.2) is 13.1 Å². The number of aromatic nitrogens is 4. The summed E-state index contributed by atoms with van der Waals surface area (Å²) in [6.07, 6.45) is 3.46. The zero-order valence-corrected chi connectivity index (χ0v) is 14.4. The first-order valence-corrected chi connectivity index (χ1v) is 9.65. The van der Waals surface area contributed by atoms with Crippen LogP contribution in [0, 0.1) is 6.92 Å². The highest BCUT2D eigenvalue weighted by molar-refractivity contribution is 7.90. The van der Waals surface area contributed by atoms with Gasteiger partial charge in [-0.3, -0.25) is 0 Å². The number of hydrogen-bond acceptors (Lipinski definition) is 6. The van der Waals surface area contributed by atoms with Crippen LogP contribution in [-0.2, 0) is 10.0 Å². The summed E-state index contributed by atoms with van der Waals surface area (Å²) in [4.78, 5) is 2.07. The predicted octanol–water partition coefficient (Wildman–Crippen LogP) is 0.585. The molecule has 1 aliphatic carbocycles. The van der Waals surface area contributed by atoms with Crippen LogP contribution in [0.4, 0.5) is 5.82 Å². The van der Waals surface area contributed by atoms with E-state index in [1.165, 1.54) is 0 Å². The van der Waals surface area contributed by atoms with E-state index in [0.717, 1.165) is 24.4 Å². The lowest BCUT2D eigenvalue weighted by atomic mass is 10.3. The van der Waals surface area contributed by atoms with E-state index in [4.69, 9.17) is 0 Å². The zero-order valence-electron chi connectivity index (χ0n) is 13.5. The Balaban J connectivity index is 1.42. The van der Waals surface area contributed by atoms with Gasteiger partial charge in [0.1, 0.15) is 0 Å².